The van der Waals surface area contributed by atoms with Crippen LogP contribution in [0.5, 0.6) is 0 Å². The van der Waals surface area contributed by atoms with Gasteiger partial charge in [-0.25, -0.2) is 0 Å². The zero-order valence-corrected chi connectivity index (χ0v) is 11.8. The summed E-state index contributed by atoms with van der Waals surface area (Å²) in [5.41, 5.74) is 1.07. The van der Waals surface area contributed by atoms with Gasteiger partial charge in [-0.3, -0.25) is 4.98 Å². The van der Waals surface area contributed by atoms with Crippen LogP contribution in [0.2, 0.25) is 0 Å². The van der Waals surface area contributed by atoms with Crippen LogP contribution in [0.15, 0.2) is 18.3 Å². The molecule has 19 heavy (non-hydrogen) atoms. The van der Waals surface area contributed by atoms with E-state index in [0.29, 0.717) is 5.92 Å². The zero-order valence-electron chi connectivity index (χ0n) is 11.8. The highest BCUT2D eigenvalue weighted by molar-refractivity contribution is 5.22. The van der Waals surface area contributed by atoms with E-state index in [9.17, 15) is 10.4 Å². The molecule has 0 amide bonds. The van der Waals surface area contributed by atoms with Crippen molar-refractivity contribution in [3.05, 3.63) is 29.6 Å². The first-order valence-corrected chi connectivity index (χ1v) is 7.13. The van der Waals surface area contributed by atoms with E-state index in [1.54, 1.807) is 6.20 Å². The van der Waals surface area contributed by atoms with Crippen LogP contribution >= 0.6 is 0 Å². The van der Waals surface area contributed by atoms with Crippen molar-refractivity contribution in [2.75, 3.05) is 0 Å². The van der Waals surface area contributed by atoms with Crippen molar-refractivity contribution in [3.8, 4) is 6.07 Å². The highest BCUT2D eigenvalue weighted by Gasteiger charge is 2.43. The van der Waals surface area contributed by atoms with E-state index in [1.165, 1.54) is 6.42 Å². The zero-order chi connectivity index (χ0) is 13.9. The van der Waals surface area contributed by atoms with E-state index in [0.717, 1.165) is 36.9 Å². The third kappa shape index (κ3) is 2.79. The predicted molar refractivity (Wildman–Crippen MR) is 74.2 cm³/mol. The van der Waals surface area contributed by atoms with Gasteiger partial charge in [-0.15, -0.1) is 0 Å². The van der Waals surface area contributed by atoms with Gasteiger partial charge in [-0.2, -0.15) is 5.26 Å². The maximum Gasteiger partial charge on any atom is 0.0991 e. The molecule has 1 aliphatic carbocycles. The van der Waals surface area contributed by atoms with Gasteiger partial charge in [0.2, 0.25) is 0 Å². The van der Waals surface area contributed by atoms with E-state index < -0.39 is 11.5 Å². The Bertz CT molecular complexity index is 463. The summed E-state index contributed by atoms with van der Waals surface area (Å²) in [5.74, 6) is 0.557. The molecule has 1 saturated carbocycles. The number of aliphatic hydroxyl groups excluding tert-OH is 1. The minimum atomic E-state index is -0.722. The molecule has 3 unspecified atom stereocenters. The van der Waals surface area contributed by atoms with Crippen LogP contribution in [0, 0.1) is 29.6 Å². The molecule has 1 heterocycles. The lowest BCUT2D eigenvalue weighted by Crippen LogP contribution is -2.33. The maximum absolute atomic E-state index is 10.6. The molecular formula is C16H22N2O. The topological polar surface area (TPSA) is 56.9 Å². The summed E-state index contributed by atoms with van der Waals surface area (Å²) in [7, 11) is 0. The summed E-state index contributed by atoms with van der Waals surface area (Å²) in [6.07, 6.45) is 5.86. The van der Waals surface area contributed by atoms with Crippen LogP contribution in [-0.4, -0.2) is 10.1 Å². The van der Waals surface area contributed by atoms with Gasteiger partial charge >= 0.3 is 0 Å². The van der Waals surface area contributed by atoms with Crippen LogP contribution in [0.4, 0.5) is 0 Å². The Morgan fingerprint density at radius 2 is 2.37 bits per heavy atom. The molecular weight excluding hydrogens is 236 g/mol. The molecule has 1 aliphatic rings. The lowest BCUT2D eigenvalue weighted by Gasteiger charge is -2.38. The van der Waals surface area contributed by atoms with Crippen LogP contribution < -0.4 is 0 Å². The summed E-state index contributed by atoms with van der Waals surface area (Å²) in [4.78, 5) is 4.23. The van der Waals surface area contributed by atoms with Crippen molar-refractivity contribution in [1.29, 1.82) is 5.26 Å². The number of aromatic nitrogens is 1. The van der Waals surface area contributed by atoms with Crippen LogP contribution in [0.3, 0.4) is 0 Å². The smallest absolute Gasteiger partial charge is 0.0991 e. The Labute approximate surface area is 115 Å². The maximum atomic E-state index is 10.6. The largest absolute Gasteiger partial charge is 0.387 e. The molecule has 0 aliphatic heterocycles. The molecule has 102 valence electrons. The Balaban J connectivity index is 2.25. The molecule has 0 bridgehead atoms. The summed E-state index contributed by atoms with van der Waals surface area (Å²) >= 11 is 0. The lowest BCUT2D eigenvalue weighted by atomic mass is 9.65. The first-order chi connectivity index (χ1) is 9.11. The number of hydrogen-bond acceptors (Lipinski definition) is 3. The fraction of sp³-hybridized carbons (Fsp3) is 0.625. The Morgan fingerprint density at radius 3 is 2.95 bits per heavy atom. The van der Waals surface area contributed by atoms with Crippen LogP contribution in [-0.2, 0) is 0 Å². The van der Waals surface area contributed by atoms with Crippen molar-refractivity contribution < 1.29 is 5.11 Å². The van der Waals surface area contributed by atoms with Gasteiger partial charge in [0.25, 0.3) is 0 Å². The lowest BCUT2D eigenvalue weighted by molar-refractivity contribution is 0.0183. The number of hydrogen-bond donors (Lipinski definition) is 1. The molecule has 1 aromatic heterocycles. The minimum Gasteiger partial charge on any atom is -0.387 e. The normalized spacial score (nSPS) is 28.6. The van der Waals surface area contributed by atoms with Gasteiger partial charge in [-0.05, 0) is 31.7 Å². The first kappa shape index (κ1) is 14.0. The van der Waals surface area contributed by atoms with Gasteiger partial charge in [0.15, 0.2) is 0 Å². The second-order valence-electron chi connectivity index (χ2n) is 5.77. The van der Waals surface area contributed by atoms with E-state index in [-0.39, 0.29) is 0 Å². The molecule has 1 aromatic rings. The van der Waals surface area contributed by atoms with Gasteiger partial charge in [0.1, 0.15) is 0 Å². The first-order valence-electron chi connectivity index (χ1n) is 7.13. The van der Waals surface area contributed by atoms with E-state index in [1.807, 2.05) is 19.1 Å². The molecule has 3 nitrogen and oxygen atoms in total. The Kier molecular flexibility index (Phi) is 4.21. The number of aryl methyl sites for hydroxylation is 1. The summed E-state index contributed by atoms with van der Waals surface area (Å²) < 4.78 is 0. The van der Waals surface area contributed by atoms with Crippen LogP contribution in [0.25, 0.3) is 0 Å². The standard InChI is InChI=1S/C16H22N2O/c1-3-13-5-4-8-16(9-13,11-17)15(19)14-7-6-12(2)18-10-14/h6-7,10,13,15,19H,3-5,8-9H2,1-2H3. The van der Waals surface area contributed by atoms with Crippen molar-refractivity contribution in [1.82, 2.24) is 4.98 Å². The predicted octanol–water partition coefficient (Wildman–Crippen LogP) is 3.53. The Morgan fingerprint density at radius 1 is 1.58 bits per heavy atom. The third-order valence-corrected chi connectivity index (χ3v) is 4.46. The second-order valence-corrected chi connectivity index (χ2v) is 5.77. The molecule has 1 fully saturated rings. The number of rotatable bonds is 3. The van der Waals surface area contributed by atoms with Crippen molar-refractivity contribution >= 4 is 0 Å². The van der Waals surface area contributed by atoms with Crippen molar-refractivity contribution in [2.24, 2.45) is 11.3 Å². The molecule has 0 aromatic carbocycles. The second kappa shape index (κ2) is 5.71. The van der Waals surface area contributed by atoms with Crippen molar-refractivity contribution in [3.63, 3.8) is 0 Å². The fourth-order valence-corrected chi connectivity index (χ4v) is 3.14. The summed E-state index contributed by atoms with van der Waals surface area (Å²) in [5, 5.41) is 20.2. The average molecular weight is 258 g/mol. The molecule has 3 heteroatoms. The SMILES string of the molecule is CCC1CCCC(C#N)(C(O)c2ccc(C)nc2)C1. The van der Waals surface area contributed by atoms with Crippen molar-refractivity contribution in [2.45, 2.75) is 52.1 Å². The molecule has 0 radical (unpaired) electrons. The number of nitrogens with zero attached hydrogens (tertiary/aromatic N) is 2. The monoisotopic (exact) mass is 258 g/mol. The molecule has 3 atom stereocenters. The van der Waals surface area contributed by atoms with Gasteiger partial charge in [-0.1, -0.05) is 32.3 Å². The molecule has 1 N–H and O–H groups in total. The van der Waals surface area contributed by atoms with E-state index >= 15 is 0 Å². The average Bonchev–Trinajstić information content (AvgIpc) is 2.47. The number of nitriles is 1. The quantitative estimate of drug-likeness (QED) is 0.902. The summed E-state index contributed by atoms with van der Waals surface area (Å²) in [6, 6.07) is 6.20. The molecule has 0 spiro atoms. The van der Waals surface area contributed by atoms with E-state index in [4.69, 9.17) is 0 Å². The Hall–Kier alpha value is -1.40. The van der Waals surface area contributed by atoms with Gasteiger partial charge in [0.05, 0.1) is 17.6 Å². The van der Waals surface area contributed by atoms with Gasteiger partial charge in [0, 0.05) is 17.5 Å². The summed E-state index contributed by atoms with van der Waals surface area (Å²) in [6.45, 7) is 4.09. The number of pyridine rings is 1. The minimum absolute atomic E-state index is 0.557. The third-order valence-electron chi connectivity index (χ3n) is 4.46. The van der Waals surface area contributed by atoms with Gasteiger partial charge < -0.3 is 5.11 Å². The molecule has 2 rings (SSSR count). The highest BCUT2D eigenvalue weighted by Crippen LogP contribution is 2.48. The highest BCUT2D eigenvalue weighted by atomic mass is 16.3. The fourth-order valence-electron chi connectivity index (χ4n) is 3.14. The van der Waals surface area contributed by atoms with E-state index in [2.05, 4.69) is 18.0 Å². The van der Waals surface area contributed by atoms with Crippen LogP contribution in [0.1, 0.15) is 56.4 Å². The number of aliphatic hydroxyl groups is 1. The molecule has 0 saturated heterocycles.